The van der Waals surface area contributed by atoms with Crippen molar-refractivity contribution in [2.45, 2.75) is 289 Å². The predicted octanol–water partition coefficient (Wildman–Crippen LogP) is 14.3. The Bertz CT molecular complexity index is 1020. The Morgan fingerprint density at radius 3 is 1.00 bits per heavy atom. The lowest BCUT2D eigenvalue weighted by Gasteiger charge is -2.26. The SMILES string of the molecule is CCCCCCCCCCCCCCCCCCCCCCCC(=O)OC(COC(=O)CCCCCCCCCCCCCCCCCCCC)COC(OCC[N+](C)(C)C)C(=O)[O-]. The average molecular weight is 910 g/mol. The smallest absolute Gasteiger partial charge is 0.306 e. The van der Waals surface area contributed by atoms with Crippen molar-refractivity contribution < 1.29 is 42.9 Å². The number of carbonyl (C=O) groups excluding carboxylic acids is 3. The molecule has 0 spiro atoms. The van der Waals surface area contributed by atoms with Crippen LogP contribution in [0.4, 0.5) is 0 Å². The standard InChI is InChI=1S/C55H107NO8/c1-6-8-10-12-14-16-18-20-22-24-26-27-28-30-32-34-36-38-40-42-44-46-53(58)64-51(50-63-55(54(59)60)61-48-47-56(3,4)5)49-62-52(57)45-43-41-39-37-35-33-31-29-25-23-21-19-17-15-13-11-9-7-2/h51,55H,6-50H2,1-5H3. The number of esters is 2. The van der Waals surface area contributed by atoms with E-state index < -0.39 is 24.3 Å². The number of hydrogen-bond acceptors (Lipinski definition) is 8. The van der Waals surface area contributed by atoms with Crippen molar-refractivity contribution in [1.82, 2.24) is 0 Å². The van der Waals surface area contributed by atoms with E-state index in [0.717, 1.165) is 38.5 Å². The summed E-state index contributed by atoms with van der Waals surface area (Å²) < 4.78 is 22.7. The largest absolute Gasteiger partial charge is 0.545 e. The van der Waals surface area contributed by atoms with Gasteiger partial charge in [0.2, 0.25) is 0 Å². The number of nitrogens with zero attached hydrogens (tertiary/aromatic N) is 1. The van der Waals surface area contributed by atoms with Gasteiger partial charge in [-0.2, -0.15) is 0 Å². The second-order valence-corrected chi connectivity index (χ2v) is 20.2. The van der Waals surface area contributed by atoms with E-state index in [9.17, 15) is 19.5 Å². The Morgan fingerprint density at radius 1 is 0.406 bits per heavy atom. The molecule has 0 bridgehead atoms. The molecule has 0 amide bonds. The van der Waals surface area contributed by atoms with Gasteiger partial charge >= 0.3 is 11.9 Å². The summed E-state index contributed by atoms with van der Waals surface area (Å²) in [5, 5.41) is 11.7. The van der Waals surface area contributed by atoms with Gasteiger partial charge in [-0.1, -0.05) is 251 Å². The molecule has 0 aliphatic carbocycles. The molecule has 0 N–H and O–H groups in total. The van der Waals surface area contributed by atoms with Crippen LogP contribution in [0.2, 0.25) is 0 Å². The van der Waals surface area contributed by atoms with E-state index in [2.05, 4.69) is 13.8 Å². The van der Waals surface area contributed by atoms with E-state index in [1.807, 2.05) is 21.1 Å². The predicted molar refractivity (Wildman–Crippen MR) is 265 cm³/mol. The van der Waals surface area contributed by atoms with Gasteiger partial charge in [0.05, 0.1) is 40.3 Å². The number of carbonyl (C=O) groups is 3. The molecular weight excluding hydrogens is 803 g/mol. The van der Waals surface area contributed by atoms with Crippen molar-refractivity contribution in [3.63, 3.8) is 0 Å². The van der Waals surface area contributed by atoms with E-state index in [0.29, 0.717) is 17.4 Å². The quantitative estimate of drug-likeness (QED) is 0.0257. The van der Waals surface area contributed by atoms with Crippen molar-refractivity contribution in [2.24, 2.45) is 0 Å². The summed E-state index contributed by atoms with van der Waals surface area (Å²) in [5.41, 5.74) is 0. The molecule has 0 saturated heterocycles. The van der Waals surface area contributed by atoms with Crippen molar-refractivity contribution in [3.8, 4) is 0 Å². The van der Waals surface area contributed by atoms with Gasteiger partial charge in [-0.15, -0.1) is 0 Å². The Balaban J connectivity index is 4.23. The minimum Gasteiger partial charge on any atom is -0.545 e. The fraction of sp³-hybridized carbons (Fsp3) is 0.945. The first-order chi connectivity index (χ1) is 31.1. The Morgan fingerprint density at radius 2 is 0.703 bits per heavy atom. The zero-order chi connectivity index (χ0) is 47.0. The summed E-state index contributed by atoms with van der Waals surface area (Å²) in [6, 6.07) is 0. The van der Waals surface area contributed by atoms with Crippen LogP contribution in [0.25, 0.3) is 0 Å². The lowest BCUT2D eigenvalue weighted by molar-refractivity contribution is -0.870. The molecule has 0 heterocycles. The van der Waals surface area contributed by atoms with E-state index in [1.165, 1.54) is 212 Å². The van der Waals surface area contributed by atoms with Crippen molar-refractivity contribution >= 4 is 17.9 Å². The molecule has 0 aliphatic rings. The molecule has 9 heteroatoms. The Hall–Kier alpha value is -1.71. The summed E-state index contributed by atoms with van der Waals surface area (Å²) in [6.07, 6.45) is 48.5. The monoisotopic (exact) mass is 910 g/mol. The maximum absolute atomic E-state index is 12.8. The molecule has 9 nitrogen and oxygen atoms in total. The highest BCUT2D eigenvalue weighted by Gasteiger charge is 2.22. The number of rotatable bonds is 52. The third-order valence-corrected chi connectivity index (χ3v) is 12.6. The summed E-state index contributed by atoms with van der Waals surface area (Å²) in [7, 11) is 5.93. The highest BCUT2D eigenvalue weighted by Crippen LogP contribution is 2.17. The zero-order valence-corrected chi connectivity index (χ0v) is 43.2. The first-order valence-corrected chi connectivity index (χ1v) is 27.7. The van der Waals surface area contributed by atoms with Gasteiger partial charge in [-0.25, -0.2) is 0 Å². The third-order valence-electron chi connectivity index (χ3n) is 12.6. The highest BCUT2D eigenvalue weighted by molar-refractivity contribution is 5.70. The third kappa shape index (κ3) is 48.2. The van der Waals surface area contributed by atoms with Crippen molar-refractivity contribution in [2.75, 3.05) is 47.5 Å². The molecule has 0 aromatic rings. The maximum Gasteiger partial charge on any atom is 0.306 e. The van der Waals surface area contributed by atoms with E-state index in [1.54, 1.807) is 0 Å². The topological polar surface area (TPSA) is 111 Å². The van der Waals surface area contributed by atoms with Gasteiger partial charge in [0, 0.05) is 12.8 Å². The minimum absolute atomic E-state index is 0.153. The molecular formula is C55H107NO8. The average Bonchev–Trinajstić information content (AvgIpc) is 3.26. The number of carboxylic acids is 1. The molecule has 0 aliphatic heterocycles. The lowest BCUT2D eigenvalue weighted by Crippen LogP contribution is -2.44. The first kappa shape index (κ1) is 62.3. The molecule has 0 rings (SSSR count). The summed E-state index contributed by atoms with van der Waals surface area (Å²) in [6.45, 7) is 4.81. The molecule has 0 fully saturated rings. The van der Waals surface area contributed by atoms with Crippen LogP contribution in [0, 0.1) is 0 Å². The van der Waals surface area contributed by atoms with Gasteiger partial charge in [-0.05, 0) is 12.8 Å². The second-order valence-electron chi connectivity index (χ2n) is 20.2. The molecule has 380 valence electrons. The van der Waals surface area contributed by atoms with E-state index in [-0.39, 0.29) is 32.2 Å². The van der Waals surface area contributed by atoms with Gasteiger partial charge in [0.1, 0.15) is 13.2 Å². The number of unbranched alkanes of at least 4 members (excludes halogenated alkanes) is 37. The molecule has 0 saturated carbocycles. The number of aliphatic carboxylic acids is 1. The van der Waals surface area contributed by atoms with Crippen LogP contribution in [0.5, 0.6) is 0 Å². The summed E-state index contributed by atoms with van der Waals surface area (Å²) in [4.78, 5) is 37.2. The molecule has 2 unspecified atom stereocenters. The van der Waals surface area contributed by atoms with Gasteiger partial charge in [0.15, 0.2) is 12.4 Å². The number of carboxylic acid groups (broad SMARTS) is 1. The molecule has 0 aromatic carbocycles. The Kier molecular flexibility index (Phi) is 46.5. The van der Waals surface area contributed by atoms with Gasteiger partial charge in [0.25, 0.3) is 0 Å². The second kappa shape index (κ2) is 47.8. The zero-order valence-electron chi connectivity index (χ0n) is 43.2. The van der Waals surface area contributed by atoms with E-state index >= 15 is 0 Å². The van der Waals surface area contributed by atoms with Crippen molar-refractivity contribution in [3.05, 3.63) is 0 Å². The normalized spacial score (nSPS) is 12.7. The molecule has 64 heavy (non-hydrogen) atoms. The van der Waals surface area contributed by atoms with Crippen LogP contribution in [-0.4, -0.2) is 82.3 Å². The van der Waals surface area contributed by atoms with Crippen LogP contribution in [0.1, 0.15) is 277 Å². The number of quaternary nitrogens is 1. The fourth-order valence-corrected chi connectivity index (χ4v) is 8.30. The molecule has 0 aromatic heterocycles. The lowest BCUT2D eigenvalue weighted by atomic mass is 10.0. The van der Waals surface area contributed by atoms with Crippen LogP contribution in [-0.2, 0) is 33.3 Å². The summed E-state index contributed by atoms with van der Waals surface area (Å²) in [5.74, 6) is -2.25. The van der Waals surface area contributed by atoms with Gasteiger partial charge in [-0.3, -0.25) is 9.59 Å². The fourth-order valence-electron chi connectivity index (χ4n) is 8.30. The number of likely N-dealkylation sites (N-methyl/N-ethyl adjacent to an activating group) is 1. The van der Waals surface area contributed by atoms with Crippen molar-refractivity contribution in [1.29, 1.82) is 0 Å². The Labute approximate surface area is 396 Å². The van der Waals surface area contributed by atoms with Gasteiger partial charge < -0.3 is 33.3 Å². The molecule has 2 atom stereocenters. The first-order valence-electron chi connectivity index (χ1n) is 27.7. The molecule has 0 radical (unpaired) electrons. The number of hydrogen-bond donors (Lipinski definition) is 0. The van der Waals surface area contributed by atoms with Crippen LogP contribution < -0.4 is 5.11 Å². The summed E-state index contributed by atoms with van der Waals surface area (Å²) >= 11 is 0. The highest BCUT2D eigenvalue weighted by atomic mass is 16.7. The minimum atomic E-state index is -1.61. The van der Waals surface area contributed by atoms with Crippen LogP contribution in [0.15, 0.2) is 0 Å². The maximum atomic E-state index is 12.8. The number of ether oxygens (including phenoxy) is 4. The van der Waals surface area contributed by atoms with Crippen LogP contribution in [0.3, 0.4) is 0 Å². The van der Waals surface area contributed by atoms with Crippen LogP contribution >= 0.6 is 0 Å². The van der Waals surface area contributed by atoms with E-state index in [4.69, 9.17) is 18.9 Å².